The molecule has 1 aromatic heterocycles. The van der Waals surface area contributed by atoms with Gasteiger partial charge in [0.05, 0.1) is 0 Å². The van der Waals surface area contributed by atoms with Crippen LogP contribution >= 0.6 is 0 Å². The Labute approximate surface area is 130 Å². The van der Waals surface area contributed by atoms with Gasteiger partial charge < -0.3 is 15.5 Å². The molecule has 1 atom stereocenters. The summed E-state index contributed by atoms with van der Waals surface area (Å²) in [6.07, 6.45) is 3.07. The fourth-order valence-corrected chi connectivity index (χ4v) is 3.25. The van der Waals surface area contributed by atoms with Crippen LogP contribution in [0.3, 0.4) is 0 Å². The lowest BCUT2D eigenvalue weighted by atomic mass is 9.92. The number of aryl methyl sites for hydroxylation is 1. The summed E-state index contributed by atoms with van der Waals surface area (Å²) >= 11 is 0. The second-order valence-electron chi connectivity index (χ2n) is 6.07. The zero-order chi connectivity index (χ0) is 14.9. The number of rotatable bonds is 3. The maximum Gasteiger partial charge on any atom is 0.120 e. The van der Waals surface area contributed by atoms with Gasteiger partial charge in [0.2, 0.25) is 0 Å². The van der Waals surface area contributed by atoms with Gasteiger partial charge in [-0.15, -0.1) is 0 Å². The number of hydrogen-bond acceptors (Lipinski definition) is 2. The highest BCUT2D eigenvalue weighted by Gasteiger charge is 2.20. The van der Waals surface area contributed by atoms with Crippen molar-refractivity contribution >= 4 is 10.9 Å². The van der Waals surface area contributed by atoms with Crippen molar-refractivity contribution in [2.75, 3.05) is 0 Å². The number of aromatic nitrogens is 1. The van der Waals surface area contributed by atoms with Crippen LogP contribution in [0, 0.1) is 0 Å². The molecule has 1 aliphatic rings. The molecular formula is C19H20N2O. The molecule has 4 rings (SSSR count). The Hall–Kier alpha value is -2.26. The summed E-state index contributed by atoms with van der Waals surface area (Å²) in [7, 11) is 0. The number of aromatic amines is 1. The second-order valence-corrected chi connectivity index (χ2v) is 6.07. The number of hydrogen-bond donors (Lipinski definition) is 2. The molecule has 22 heavy (non-hydrogen) atoms. The Bertz CT molecular complexity index is 792. The number of nitrogens with one attached hydrogen (secondary N) is 1. The lowest BCUT2D eigenvalue weighted by Crippen LogP contribution is -2.27. The minimum atomic E-state index is 0.278. The SMILES string of the molecule is NC1CCc2[nH]c3ccc(OCc4ccccc4)cc3c2C1. The highest BCUT2D eigenvalue weighted by Crippen LogP contribution is 2.31. The molecule has 0 radical (unpaired) electrons. The lowest BCUT2D eigenvalue weighted by molar-refractivity contribution is 0.306. The maximum atomic E-state index is 6.13. The molecule has 3 N–H and O–H groups in total. The first-order chi connectivity index (χ1) is 10.8. The average Bonchev–Trinajstić information content (AvgIpc) is 2.91. The molecule has 0 bridgehead atoms. The molecule has 1 heterocycles. The van der Waals surface area contributed by atoms with E-state index in [1.807, 2.05) is 24.3 Å². The molecule has 0 saturated carbocycles. The van der Waals surface area contributed by atoms with Crippen LogP contribution in [-0.2, 0) is 19.4 Å². The van der Waals surface area contributed by atoms with Gasteiger partial charge in [-0.25, -0.2) is 0 Å². The number of fused-ring (bicyclic) bond motifs is 3. The molecule has 0 saturated heterocycles. The third kappa shape index (κ3) is 2.48. The average molecular weight is 292 g/mol. The van der Waals surface area contributed by atoms with E-state index < -0.39 is 0 Å². The van der Waals surface area contributed by atoms with Crippen molar-refractivity contribution in [1.29, 1.82) is 0 Å². The predicted molar refractivity (Wildman–Crippen MR) is 89.1 cm³/mol. The van der Waals surface area contributed by atoms with E-state index in [1.165, 1.54) is 27.7 Å². The molecule has 0 spiro atoms. The van der Waals surface area contributed by atoms with Crippen LogP contribution in [0.15, 0.2) is 48.5 Å². The van der Waals surface area contributed by atoms with Crippen molar-refractivity contribution in [2.45, 2.75) is 31.9 Å². The fourth-order valence-electron chi connectivity index (χ4n) is 3.25. The summed E-state index contributed by atoms with van der Waals surface area (Å²) in [6, 6.07) is 16.8. The molecule has 112 valence electrons. The van der Waals surface area contributed by atoms with Gasteiger partial charge in [-0.3, -0.25) is 0 Å². The molecule has 3 aromatic rings. The van der Waals surface area contributed by atoms with Crippen LogP contribution < -0.4 is 10.5 Å². The fraction of sp³-hybridized carbons (Fsp3) is 0.263. The number of H-pyrrole nitrogens is 1. The van der Waals surface area contributed by atoms with Crippen LogP contribution in [0.4, 0.5) is 0 Å². The molecule has 1 unspecified atom stereocenters. The van der Waals surface area contributed by atoms with Crippen molar-refractivity contribution < 1.29 is 4.74 Å². The van der Waals surface area contributed by atoms with E-state index in [9.17, 15) is 0 Å². The molecule has 1 aliphatic carbocycles. The number of benzene rings is 2. The van der Waals surface area contributed by atoms with E-state index in [4.69, 9.17) is 10.5 Å². The van der Waals surface area contributed by atoms with Gasteiger partial charge in [0.1, 0.15) is 12.4 Å². The summed E-state index contributed by atoms with van der Waals surface area (Å²) in [5, 5.41) is 1.26. The highest BCUT2D eigenvalue weighted by atomic mass is 16.5. The van der Waals surface area contributed by atoms with E-state index in [2.05, 4.69) is 29.2 Å². The Morgan fingerprint density at radius 3 is 2.86 bits per heavy atom. The minimum absolute atomic E-state index is 0.278. The van der Waals surface area contributed by atoms with Gasteiger partial charge in [-0.1, -0.05) is 30.3 Å². The molecule has 0 amide bonds. The topological polar surface area (TPSA) is 51.0 Å². The van der Waals surface area contributed by atoms with E-state index in [1.54, 1.807) is 0 Å². The van der Waals surface area contributed by atoms with Crippen LogP contribution in [0.5, 0.6) is 5.75 Å². The lowest BCUT2D eigenvalue weighted by Gasteiger charge is -2.18. The smallest absolute Gasteiger partial charge is 0.120 e. The van der Waals surface area contributed by atoms with Gasteiger partial charge in [0.15, 0.2) is 0 Å². The number of ether oxygens (including phenoxy) is 1. The molecule has 0 fully saturated rings. The Kier molecular flexibility index (Phi) is 3.35. The normalized spacial score (nSPS) is 17.4. The predicted octanol–water partition coefficient (Wildman–Crippen LogP) is 3.56. The largest absolute Gasteiger partial charge is 0.489 e. The monoisotopic (exact) mass is 292 g/mol. The van der Waals surface area contributed by atoms with Gasteiger partial charge in [0, 0.05) is 22.6 Å². The Morgan fingerprint density at radius 1 is 1.14 bits per heavy atom. The van der Waals surface area contributed by atoms with Gasteiger partial charge >= 0.3 is 0 Å². The zero-order valence-corrected chi connectivity index (χ0v) is 12.5. The molecule has 0 aliphatic heterocycles. The third-order valence-corrected chi connectivity index (χ3v) is 4.45. The van der Waals surface area contributed by atoms with Crippen molar-refractivity contribution in [3.8, 4) is 5.75 Å². The van der Waals surface area contributed by atoms with E-state index in [-0.39, 0.29) is 6.04 Å². The van der Waals surface area contributed by atoms with E-state index in [0.717, 1.165) is 25.0 Å². The molecular weight excluding hydrogens is 272 g/mol. The quantitative estimate of drug-likeness (QED) is 0.775. The number of nitrogens with two attached hydrogens (primary N) is 1. The molecule has 3 nitrogen and oxygen atoms in total. The summed E-state index contributed by atoms with van der Waals surface area (Å²) in [4.78, 5) is 3.53. The summed E-state index contributed by atoms with van der Waals surface area (Å²) < 4.78 is 5.94. The van der Waals surface area contributed by atoms with Crippen LogP contribution in [0.25, 0.3) is 10.9 Å². The maximum absolute atomic E-state index is 6.13. The first-order valence-electron chi connectivity index (χ1n) is 7.85. The summed E-state index contributed by atoms with van der Waals surface area (Å²) in [6.45, 7) is 0.596. The minimum Gasteiger partial charge on any atom is -0.489 e. The Balaban J connectivity index is 1.61. The van der Waals surface area contributed by atoms with Crippen molar-refractivity contribution in [1.82, 2.24) is 4.98 Å². The molecule has 2 aromatic carbocycles. The van der Waals surface area contributed by atoms with Crippen molar-refractivity contribution in [3.63, 3.8) is 0 Å². The van der Waals surface area contributed by atoms with Gasteiger partial charge in [-0.2, -0.15) is 0 Å². The second kappa shape index (κ2) is 5.50. The van der Waals surface area contributed by atoms with Crippen molar-refractivity contribution in [2.24, 2.45) is 5.73 Å². The van der Waals surface area contributed by atoms with Crippen LogP contribution in [-0.4, -0.2) is 11.0 Å². The van der Waals surface area contributed by atoms with E-state index >= 15 is 0 Å². The highest BCUT2D eigenvalue weighted by molar-refractivity contribution is 5.86. The zero-order valence-electron chi connectivity index (χ0n) is 12.5. The summed E-state index contributed by atoms with van der Waals surface area (Å²) in [5.41, 5.74) is 11.2. The summed E-state index contributed by atoms with van der Waals surface area (Å²) in [5.74, 6) is 0.914. The van der Waals surface area contributed by atoms with Crippen molar-refractivity contribution in [3.05, 3.63) is 65.4 Å². The standard InChI is InChI=1S/C19H20N2O/c20-14-6-8-18-16(10-14)17-11-15(7-9-19(17)21-18)22-12-13-4-2-1-3-5-13/h1-5,7,9,11,14,21H,6,8,10,12,20H2. The molecule has 3 heteroatoms. The van der Waals surface area contributed by atoms with Crippen LogP contribution in [0.2, 0.25) is 0 Å². The first-order valence-corrected chi connectivity index (χ1v) is 7.85. The third-order valence-electron chi connectivity index (χ3n) is 4.45. The van der Waals surface area contributed by atoms with Crippen LogP contribution in [0.1, 0.15) is 23.2 Å². The van der Waals surface area contributed by atoms with E-state index in [0.29, 0.717) is 6.61 Å². The first kappa shape index (κ1) is 13.4. The van der Waals surface area contributed by atoms with Gasteiger partial charge in [-0.05, 0) is 48.6 Å². The van der Waals surface area contributed by atoms with Gasteiger partial charge in [0.25, 0.3) is 0 Å². The Morgan fingerprint density at radius 2 is 2.00 bits per heavy atom.